The summed E-state index contributed by atoms with van der Waals surface area (Å²) < 4.78 is 0. The predicted octanol–water partition coefficient (Wildman–Crippen LogP) is 1.38. The van der Waals surface area contributed by atoms with Crippen LogP contribution in [0.2, 0.25) is 0 Å². The molecule has 0 amide bonds. The topological polar surface area (TPSA) is 61.9 Å². The first-order valence-electron chi connectivity index (χ1n) is 6.37. The van der Waals surface area contributed by atoms with Crippen LogP contribution in [0, 0.1) is 0 Å². The van der Waals surface area contributed by atoms with E-state index < -0.39 is 0 Å². The molecule has 3 N–H and O–H groups in total. The summed E-state index contributed by atoms with van der Waals surface area (Å²) >= 11 is 0. The molecule has 0 fully saturated rings. The molecule has 5 heteroatoms. The molecule has 2 heterocycles. The van der Waals surface area contributed by atoms with Crippen molar-refractivity contribution in [2.24, 2.45) is 0 Å². The Bertz CT molecular complexity index is 377. The fourth-order valence-corrected chi connectivity index (χ4v) is 1.98. The van der Waals surface area contributed by atoms with E-state index in [4.69, 9.17) is 0 Å². The highest BCUT2D eigenvalue weighted by molar-refractivity contribution is 5.51. The van der Waals surface area contributed by atoms with E-state index in [1.54, 1.807) is 0 Å². The van der Waals surface area contributed by atoms with Crippen molar-refractivity contribution in [3.8, 4) is 0 Å². The Labute approximate surface area is 102 Å². The maximum atomic E-state index is 4.52. The normalized spacial score (nSPS) is 14.2. The molecule has 0 bridgehead atoms. The van der Waals surface area contributed by atoms with E-state index >= 15 is 0 Å². The average molecular weight is 235 g/mol. The quantitative estimate of drug-likeness (QED) is 0.673. The van der Waals surface area contributed by atoms with Gasteiger partial charge in [-0.3, -0.25) is 0 Å². The molecule has 17 heavy (non-hydrogen) atoms. The van der Waals surface area contributed by atoms with Gasteiger partial charge in [-0.05, 0) is 6.42 Å². The molecular formula is C12H21N5. The Morgan fingerprint density at radius 3 is 3.00 bits per heavy atom. The number of hydrogen-bond acceptors (Lipinski definition) is 5. The fraction of sp³-hybridized carbons (Fsp3) is 0.667. The second-order valence-electron chi connectivity index (χ2n) is 4.28. The summed E-state index contributed by atoms with van der Waals surface area (Å²) in [5.74, 6) is 1.70. The Hall–Kier alpha value is -1.36. The number of unbranched alkanes of at least 4 members (excludes halogenated alkanes) is 1. The van der Waals surface area contributed by atoms with Crippen LogP contribution in [-0.2, 0) is 13.0 Å². The van der Waals surface area contributed by atoms with E-state index in [2.05, 4.69) is 32.8 Å². The van der Waals surface area contributed by atoms with Crippen LogP contribution in [0.5, 0.6) is 0 Å². The van der Waals surface area contributed by atoms with Gasteiger partial charge < -0.3 is 16.0 Å². The Morgan fingerprint density at radius 2 is 2.24 bits per heavy atom. The summed E-state index contributed by atoms with van der Waals surface area (Å²) in [6.07, 6.45) is 3.34. The lowest BCUT2D eigenvalue weighted by Crippen LogP contribution is -2.27. The summed E-state index contributed by atoms with van der Waals surface area (Å²) in [5, 5.41) is 9.81. The van der Waals surface area contributed by atoms with Crippen LogP contribution >= 0.6 is 0 Å². The summed E-state index contributed by atoms with van der Waals surface area (Å²) in [7, 11) is 1.86. The molecule has 1 aromatic heterocycles. The highest BCUT2D eigenvalue weighted by atomic mass is 15.1. The zero-order chi connectivity index (χ0) is 12.1. The highest BCUT2D eigenvalue weighted by Crippen LogP contribution is 2.21. The van der Waals surface area contributed by atoms with Gasteiger partial charge in [0.05, 0.1) is 5.69 Å². The molecule has 0 aromatic carbocycles. The molecule has 0 aliphatic carbocycles. The van der Waals surface area contributed by atoms with Crippen molar-refractivity contribution in [2.45, 2.75) is 32.7 Å². The summed E-state index contributed by atoms with van der Waals surface area (Å²) in [6, 6.07) is 0. The van der Waals surface area contributed by atoms with E-state index in [9.17, 15) is 0 Å². The molecule has 0 spiro atoms. The molecule has 94 valence electrons. The molecule has 2 rings (SSSR count). The van der Waals surface area contributed by atoms with Crippen LogP contribution < -0.4 is 16.0 Å². The number of anilines is 2. The largest absolute Gasteiger partial charge is 0.370 e. The molecule has 0 saturated heterocycles. The molecule has 1 aromatic rings. The molecule has 0 radical (unpaired) electrons. The van der Waals surface area contributed by atoms with Crippen LogP contribution in [0.25, 0.3) is 0 Å². The van der Waals surface area contributed by atoms with E-state index in [-0.39, 0.29) is 0 Å². The van der Waals surface area contributed by atoms with Crippen molar-refractivity contribution >= 4 is 11.8 Å². The summed E-state index contributed by atoms with van der Waals surface area (Å²) in [5.41, 5.74) is 2.40. The van der Waals surface area contributed by atoms with Crippen molar-refractivity contribution in [3.63, 3.8) is 0 Å². The Morgan fingerprint density at radius 1 is 1.35 bits per heavy atom. The van der Waals surface area contributed by atoms with Gasteiger partial charge in [0, 0.05) is 38.7 Å². The van der Waals surface area contributed by atoms with E-state index in [1.165, 1.54) is 24.1 Å². The SMILES string of the molecule is CCCCNc1nc(NC)nc2c1CNCC2. The van der Waals surface area contributed by atoms with Gasteiger partial charge in [-0.1, -0.05) is 13.3 Å². The van der Waals surface area contributed by atoms with Gasteiger partial charge in [0.25, 0.3) is 0 Å². The second kappa shape index (κ2) is 5.82. The van der Waals surface area contributed by atoms with Crippen LogP contribution in [-0.4, -0.2) is 30.1 Å². The van der Waals surface area contributed by atoms with Crippen molar-refractivity contribution in [1.29, 1.82) is 0 Å². The van der Waals surface area contributed by atoms with Gasteiger partial charge in [-0.15, -0.1) is 0 Å². The Kier molecular flexibility index (Phi) is 4.14. The van der Waals surface area contributed by atoms with Gasteiger partial charge in [0.1, 0.15) is 5.82 Å². The number of hydrogen-bond donors (Lipinski definition) is 3. The Balaban J connectivity index is 2.21. The maximum absolute atomic E-state index is 4.52. The summed E-state index contributed by atoms with van der Waals surface area (Å²) in [6.45, 7) is 5.04. The number of nitrogens with one attached hydrogen (secondary N) is 3. The smallest absolute Gasteiger partial charge is 0.224 e. The second-order valence-corrected chi connectivity index (χ2v) is 4.28. The van der Waals surface area contributed by atoms with E-state index in [1.807, 2.05) is 7.05 Å². The zero-order valence-corrected chi connectivity index (χ0v) is 10.6. The van der Waals surface area contributed by atoms with Crippen LogP contribution in [0.1, 0.15) is 31.0 Å². The minimum atomic E-state index is 0.713. The third kappa shape index (κ3) is 2.85. The number of fused-ring (bicyclic) bond motifs is 1. The molecular weight excluding hydrogens is 214 g/mol. The zero-order valence-electron chi connectivity index (χ0n) is 10.6. The van der Waals surface area contributed by atoms with Crippen molar-refractivity contribution in [3.05, 3.63) is 11.3 Å². The first kappa shape index (κ1) is 12.1. The van der Waals surface area contributed by atoms with Gasteiger partial charge in [0.15, 0.2) is 0 Å². The third-order valence-corrected chi connectivity index (χ3v) is 2.98. The van der Waals surface area contributed by atoms with Crippen LogP contribution in [0.3, 0.4) is 0 Å². The number of aromatic nitrogens is 2. The van der Waals surface area contributed by atoms with Crippen LogP contribution in [0.4, 0.5) is 11.8 Å². The van der Waals surface area contributed by atoms with Gasteiger partial charge in [-0.2, -0.15) is 4.98 Å². The lowest BCUT2D eigenvalue weighted by Gasteiger charge is -2.20. The first-order chi connectivity index (χ1) is 8.35. The number of nitrogens with zero attached hydrogens (tertiary/aromatic N) is 2. The molecule has 0 unspecified atom stereocenters. The first-order valence-corrected chi connectivity index (χ1v) is 6.37. The standard InChI is InChI=1S/C12H21N5/c1-3-4-6-15-11-9-8-14-7-5-10(9)16-12(13-2)17-11/h14H,3-8H2,1-2H3,(H2,13,15,16,17). The highest BCUT2D eigenvalue weighted by Gasteiger charge is 2.16. The molecule has 5 nitrogen and oxygen atoms in total. The molecule has 1 aliphatic rings. The minimum absolute atomic E-state index is 0.713. The maximum Gasteiger partial charge on any atom is 0.224 e. The summed E-state index contributed by atoms with van der Waals surface area (Å²) in [4.78, 5) is 9.02. The van der Waals surface area contributed by atoms with Crippen molar-refractivity contribution < 1.29 is 0 Å². The van der Waals surface area contributed by atoms with Gasteiger partial charge >= 0.3 is 0 Å². The minimum Gasteiger partial charge on any atom is -0.370 e. The lowest BCUT2D eigenvalue weighted by molar-refractivity contribution is 0.627. The molecule has 0 atom stereocenters. The number of rotatable bonds is 5. The predicted molar refractivity (Wildman–Crippen MR) is 70.4 cm³/mol. The van der Waals surface area contributed by atoms with Crippen LogP contribution in [0.15, 0.2) is 0 Å². The van der Waals surface area contributed by atoms with Gasteiger partial charge in [0.2, 0.25) is 5.95 Å². The van der Waals surface area contributed by atoms with Gasteiger partial charge in [-0.25, -0.2) is 4.98 Å². The van der Waals surface area contributed by atoms with E-state index in [0.29, 0.717) is 5.95 Å². The van der Waals surface area contributed by atoms with Crippen molar-refractivity contribution in [1.82, 2.24) is 15.3 Å². The average Bonchev–Trinajstić information content (AvgIpc) is 2.38. The molecule has 0 saturated carbocycles. The van der Waals surface area contributed by atoms with Crippen molar-refractivity contribution in [2.75, 3.05) is 30.8 Å². The molecule has 1 aliphatic heterocycles. The fourth-order valence-electron chi connectivity index (χ4n) is 1.98. The monoisotopic (exact) mass is 235 g/mol. The van der Waals surface area contributed by atoms with E-state index in [0.717, 1.165) is 31.9 Å². The third-order valence-electron chi connectivity index (χ3n) is 2.98. The lowest BCUT2D eigenvalue weighted by atomic mass is 10.1.